The first-order valence-electron chi connectivity index (χ1n) is 6.76. The Kier molecular flexibility index (Phi) is 4.87. The molecule has 0 spiro atoms. The zero-order chi connectivity index (χ0) is 13.9. The maximum Gasteiger partial charge on any atom is 0.310 e. The van der Waals surface area contributed by atoms with Gasteiger partial charge in [-0.15, -0.1) is 11.3 Å². The van der Waals surface area contributed by atoms with E-state index in [1.165, 1.54) is 4.88 Å². The van der Waals surface area contributed by atoms with Gasteiger partial charge >= 0.3 is 5.97 Å². The van der Waals surface area contributed by atoms with Gasteiger partial charge in [-0.1, -0.05) is 24.9 Å². The molecule has 1 aliphatic heterocycles. The molecule has 1 aliphatic rings. The highest BCUT2D eigenvalue weighted by Crippen LogP contribution is 2.36. The molecule has 0 aliphatic carbocycles. The predicted octanol–water partition coefficient (Wildman–Crippen LogP) is 3.87. The summed E-state index contributed by atoms with van der Waals surface area (Å²) in [5.74, 6) is -0.636. The summed E-state index contributed by atoms with van der Waals surface area (Å²) < 4.78 is 0.796. The lowest BCUT2D eigenvalue weighted by molar-refractivity contribution is -0.153. The number of hydrogen-bond acceptors (Lipinski definition) is 3. The van der Waals surface area contributed by atoms with E-state index in [-0.39, 0.29) is 0 Å². The van der Waals surface area contributed by atoms with Crippen molar-refractivity contribution in [3.05, 3.63) is 21.3 Å². The monoisotopic (exact) mass is 301 g/mol. The lowest BCUT2D eigenvalue weighted by Gasteiger charge is -2.39. The van der Waals surface area contributed by atoms with Gasteiger partial charge < -0.3 is 5.11 Å². The molecular weight excluding hydrogens is 282 g/mol. The lowest BCUT2D eigenvalue weighted by atomic mass is 9.76. The lowest BCUT2D eigenvalue weighted by Crippen LogP contribution is -2.47. The smallest absolute Gasteiger partial charge is 0.310 e. The quantitative estimate of drug-likeness (QED) is 0.897. The van der Waals surface area contributed by atoms with Crippen molar-refractivity contribution in [1.82, 2.24) is 4.90 Å². The van der Waals surface area contributed by atoms with Crippen molar-refractivity contribution >= 4 is 28.9 Å². The number of nitrogens with zero attached hydrogens (tertiary/aromatic N) is 1. The van der Waals surface area contributed by atoms with Crippen molar-refractivity contribution in [3.63, 3.8) is 0 Å². The average Bonchev–Trinajstić information content (AvgIpc) is 2.75. The highest BCUT2D eigenvalue weighted by Gasteiger charge is 2.41. The van der Waals surface area contributed by atoms with E-state index in [0.717, 1.165) is 43.1 Å². The first kappa shape index (κ1) is 14.8. The minimum atomic E-state index is -0.636. The largest absolute Gasteiger partial charge is 0.481 e. The molecular formula is C14H20ClNO2S. The van der Waals surface area contributed by atoms with Crippen molar-refractivity contribution in [2.45, 2.75) is 39.2 Å². The van der Waals surface area contributed by atoms with Gasteiger partial charge in [0.1, 0.15) is 0 Å². The van der Waals surface area contributed by atoms with Gasteiger partial charge in [0.15, 0.2) is 0 Å². The topological polar surface area (TPSA) is 40.5 Å². The molecule has 1 unspecified atom stereocenters. The van der Waals surface area contributed by atoms with Crippen LogP contribution in [0.1, 0.15) is 37.5 Å². The second-order valence-electron chi connectivity index (χ2n) is 5.36. The van der Waals surface area contributed by atoms with Crippen LogP contribution < -0.4 is 0 Å². The van der Waals surface area contributed by atoms with Crippen LogP contribution in [0.2, 0.25) is 4.34 Å². The number of carboxylic acids is 1. The van der Waals surface area contributed by atoms with E-state index in [4.69, 9.17) is 11.6 Å². The summed E-state index contributed by atoms with van der Waals surface area (Å²) in [5, 5.41) is 9.56. The number of rotatable bonds is 5. The Bertz CT molecular complexity index is 444. The van der Waals surface area contributed by atoms with Gasteiger partial charge in [-0.25, -0.2) is 0 Å². The molecule has 5 heteroatoms. The average molecular weight is 302 g/mol. The second-order valence-corrected chi connectivity index (χ2v) is 7.16. The molecule has 0 bridgehead atoms. The van der Waals surface area contributed by atoms with Gasteiger partial charge in [-0.05, 0) is 37.9 Å². The molecule has 0 radical (unpaired) electrons. The van der Waals surface area contributed by atoms with Gasteiger partial charge in [0.25, 0.3) is 0 Å². The van der Waals surface area contributed by atoms with Crippen LogP contribution >= 0.6 is 22.9 Å². The maximum atomic E-state index is 11.6. The van der Waals surface area contributed by atoms with Gasteiger partial charge in [-0.3, -0.25) is 9.69 Å². The van der Waals surface area contributed by atoms with Gasteiger partial charge in [0.2, 0.25) is 0 Å². The van der Waals surface area contributed by atoms with E-state index in [2.05, 4.69) is 11.8 Å². The van der Waals surface area contributed by atoms with Gasteiger partial charge in [0.05, 0.1) is 9.75 Å². The fraction of sp³-hybridized carbons (Fsp3) is 0.643. The summed E-state index contributed by atoms with van der Waals surface area (Å²) in [4.78, 5) is 15.1. The highest BCUT2D eigenvalue weighted by molar-refractivity contribution is 7.16. The third-order valence-electron chi connectivity index (χ3n) is 3.85. The standard InChI is InChI=1S/C14H20ClNO2S/c1-2-6-14(13(17)18)7-3-8-16(10-14)9-11-4-5-12(15)19-11/h4-5H,2-3,6-10H2,1H3,(H,17,18). The molecule has 106 valence electrons. The molecule has 2 rings (SSSR count). The Morgan fingerprint density at radius 1 is 1.58 bits per heavy atom. The van der Waals surface area contributed by atoms with Crippen LogP contribution in [0.4, 0.5) is 0 Å². The molecule has 2 heterocycles. The molecule has 3 nitrogen and oxygen atoms in total. The SMILES string of the molecule is CCCC1(C(=O)O)CCCN(Cc2ccc(Cl)s2)C1. The van der Waals surface area contributed by atoms with Crippen LogP contribution in [-0.2, 0) is 11.3 Å². The van der Waals surface area contributed by atoms with Gasteiger partial charge in [-0.2, -0.15) is 0 Å². The first-order chi connectivity index (χ1) is 9.05. The summed E-state index contributed by atoms with van der Waals surface area (Å²) in [6.45, 7) is 4.51. The number of piperidine rings is 1. The molecule has 1 aromatic heterocycles. The van der Waals surface area contributed by atoms with Crippen molar-refractivity contribution in [3.8, 4) is 0 Å². The number of halogens is 1. The molecule has 19 heavy (non-hydrogen) atoms. The van der Waals surface area contributed by atoms with E-state index in [1.807, 2.05) is 12.1 Å². The Morgan fingerprint density at radius 2 is 2.37 bits per heavy atom. The van der Waals surface area contributed by atoms with Crippen LogP contribution in [-0.4, -0.2) is 29.1 Å². The minimum absolute atomic E-state index is 0.548. The zero-order valence-corrected chi connectivity index (χ0v) is 12.8. The summed E-state index contributed by atoms with van der Waals surface area (Å²) in [5.41, 5.74) is -0.548. The molecule has 1 atom stereocenters. The highest BCUT2D eigenvalue weighted by atomic mass is 35.5. The molecule has 1 fully saturated rings. The van der Waals surface area contributed by atoms with E-state index in [9.17, 15) is 9.90 Å². The number of thiophene rings is 1. The number of aliphatic carboxylic acids is 1. The van der Waals surface area contributed by atoms with E-state index >= 15 is 0 Å². The molecule has 1 aromatic rings. The first-order valence-corrected chi connectivity index (χ1v) is 7.95. The fourth-order valence-corrected chi connectivity index (χ4v) is 4.11. The van der Waals surface area contributed by atoms with Crippen LogP contribution in [0, 0.1) is 5.41 Å². The Hall–Kier alpha value is -0.580. The van der Waals surface area contributed by atoms with Crippen LogP contribution in [0.3, 0.4) is 0 Å². The second kappa shape index (κ2) is 6.25. The van der Waals surface area contributed by atoms with Crippen molar-refractivity contribution in [2.24, 2.45) is 5.41 Å². The van der Waals surface area contributed by atoms with Crippen LogP contribution in [0.25, 0.3) is 0 Å². The maximum absolute atomic E-state index is 11.6. The summed E-state index contributed by atoms with van der Waals surface area (Å²) >= 11 is 7.52. The number of likely N-dealkylation sites (tertiary alicyclic amines) is 1. The van der Waals surface area contributed by atoms with Crippen molar-refractivity contribution < 1.29 is 9.90 Å². The zero-order valence-electron chi connectivity index (χ0n) is 11.2. The van der Waals surface area contributed by atoms with Crippen molar-refractivity contribution in [1.29, 1.82) is 0 Å². The Labute approximate surface area is 123 Å². The minimum Gasteiger partial charge on any atom is -0.481 e. The fourth-order valence-electron chi connectivity index (χ4n) is 2.98. The van der Waals surface area contributed by atoms with Gasteiger partial charge in [0, 0.05) is 18.0 Å². The molecule has 0 saturated carbocycles. The number of carboxylic acid groups (broad SMARTS) is 1. The molecule has 1 N–H and O–H groups in total. The normalized spacial score (nSPS) is 24.5. The predicted molar refractivity (Wildman–Crippen MR) is 78.8 cm³/mol. The Balaban J connectivity index is 2.05. The summed E-state index contributed by atoms with van der Waals surface area (Å²) in [7, 11) is 0. The van der Waals surface area contributed by atoms with Crippen molar-refractivity contribution in [2.75, 3.05) is 13.1 Å². The van der Waals surface area contributed by atoms with E-state index in [0.29, 0.717) is 6.54 Å². The van der Waals surface area contributed by atoms with E-state index in [1.54, 1.807) is 11.3 Å². The third kappa shape index (κ3) is 3.50. The third-order valence-corrected chi connectivity index (χ3v) is 5.06. The number of carbonyl (C=O) groups is 1. The summed E-state index contributed by atoms with van der Waals surface area (Å²) in [6.07, 6.45) is 3.46. The summed E-state index contributed by atoms with van der Waals surface area (Å²) in [6, 6.07) is 3.94. The van der Waals surface area contributed by atoms with Crippen LogP contribution in [0.15, 0.2) is 12.1 Å². The Morgan fingerprint density at radius 3 is 2.95 bits per heavy atom. The van der Waals surface area contributed by atoms with E-state index < -0.39 is 11.4 Å². The molecule has 1 saturated heterocycles. The van der Waals surface area contributed by atoms with Crippen LogP contribution in [0.5, 0.6) is 0 Å². The molecule has 0 aromatic carbocycles. The number of hydrogen-bond donors (Lipinski definition) is 1. The molecule has 0 amide bonds.